The molecule has 0 amide bonds. The van der Waals surface area contributed by atoms with Gasteiger partial charge in [0.2, 0.25) is 0 Å². The summed E-state index contributed by atoms with van der Waals surface area (Å²) < 4.78 is 204. The molecule has 2 aromatic heterocycles. The van der Waals surface area contributed by atoms with Gasteiger partial charge in [0, 0.05) is 66.8 Å². The van der Waals surface area contributed by atoms with Crippen molar-refractivity contribution in [1.29, 1.82) is 0 Å². The van der Waals surface area contributed by atoms with Crippen molar-refractivity contribution in [2.45, 2.75) is 26.2 Å². The second-order valence-electron chi connectivity index (χ2n) is 21.3. The summed E-state index contributed by atoms with van der Waals surface area (Å²) in [7, 11) is 0. The summed E-state index contributed by atoms with van der Waals surface area (Å²) in [5.41, 5.74) is 4.79. The zero-order valence-corrected chi connectivity index (χ0v) is 43.8. The van der Waals surface area contributed by atoms with Crippen LogP contribution < -0.4 is 26.2 Å². The number of aromatic nitrogens is 2. The monoisotopic (exact) mass is 1060 g/mol. The van der Waals surface area contributed by atoms with Crippen LogP contribution in [0.25, 0.3) is 88.4 Å². The number of anilines is 6. The molecule has 382 valence electrons. The van der Waals surface area contributed by atoms with E-state index in [1.807, 2.05) is 155 Å². The van der Waals surface area contributed by atoms with E-state index in [2.05, 4.69) is 20.8 Å². The molecule has 0 saturated carbocycles. The molecule has 0 unspecified atom stereocenters. The van der Waals surface area contributed by atoms with Gasteiger partial charge in [0.05, 0.1) is 62.2 Å². The zero-order chi connectivity index (χ0) is 72.2. The summed E-state index contributed by atoms with van der Waals surface area (Å²) in [6.07, 6.45) is 0. The second-order valence-corrected chi connectivity index (χ2v) is 21.3. The Morgan fingerprint density at radius 1 is 0.346 bits per heavy atom. The van der Waals surface area contributed by atoms with Gasteiger partial charge in [0.1, 0.15) is 0 Å². The van der Waals surface area contributed by atoms with Crippen LogP contribution in [0.1, 0.15) is 55.1 Å². The van der Waals surface area contributed by atoms with Crippen LogP contribution in [0.3, 0.4) is 0 Å². The van der Waals surface area contributed by atoms with Crippen LogP contribution in [0.15, 0.2) is 279 Å². The molecule has 81 heavy (non-hydrogen) atoms. The Bertz CT molecular complexity index is 5940. The lowest BCUT2D eigenvalue weighted by Gasteiger charge is -2.45. The first kappa shape index (κ1) is 30.3. The van der Waals surface area contributed by atoms with Gasteiger partial charge in [-0.15, -0.1) is 0 Å². The predicted molar refractivity (Wildman–Crippen MR) is 344 cm³/mol. The highest BCUT2D eigenvalue weighted by molar-refractivity contribution is 7.00. The fourth-order valence-corrected chi connectivity index (χ4v) is 12.0. The lowest BCUT2D eigenvalue weighted by Crippen LogP contribution is -2.61. The molecular formula is C76H55BN4. The molecule has 0 saturated heterocycles. The third kappa shape index (κ3) is 7.32. The molecule has 0 spiro atoms. The minimum absolute atomic E-state index is 0.0320. The molecule has 0 atom stereocenters. The molecule has 0 radical (unpaired) electrons. The van der Waals surface area contributed by atoms with E-state index < -0.39 is 150 Å². The van der Waals surface area contributed by atoms with Gasteiger partial charge in [0.15, 0.2) is 0 Å². The van der Waals surface area contributed by atoms with E-state index in [-0.39, 0.29) is 66.0 Å². The van der Waals surface area contributed by atoms with Crippen LogP contribution in [0, 0.1) is 0 Å². The first-order valence-corrected chi connectivity index (χ1v) is 26.6. The highest BCUT2D eigenvalue weighted by atomic mass is 15.2. The van der Waals surface area contributed by atoms with Crippen molar-refractivity contribution in [1.82, 2.24) is 9.13 Å². The van der Waals surface area contributed by atoms with E-state index in [0.29, 0.717) is 56.0 Å². The van der Waals surface area contributed by atoms with E-state index in [1.54, 1.807) is 6.07 Å². The molecule has 4 heterocycles. The number of hydrogen-bond donors (Lipinski definition) is 0. The average Bonchev–Trinajstić information content (AvgIpc) is 1.14. The highest BCUT2D eigenvalue weighted by Gasteiger charge is 2.45. The number of hydrogen-bond acceptors (Lipinski definition) is 2. The molecule has 4 nitrogen and oxygen atoms in total. The Morgan fingerprint density at radius 3 is 1.26 bits per heavy atom. The van der Waals surface area contributed by atoms with Gasteiger partial charge < -0.3 is 18.9 Å². The quantitative estimate of drug-likeness (QED) is 0.148. The normalized spacial score (nSPS) is 16.4. The SMILES string of the molecule is [2H]c1c(-n2c3c([2H])c([2H])c([2H])c([2H])c3c3c([2H])c([2H])c([2H])c([2H])c32)cc2c(c1[2H])B1c3c(cc(-c4ccc(C(C)(C)C)cc4)cc3N(c3ccccc3-c3ccccc3)c3c([2H])c(-n4c5c([2H])c([2H])c([2H])c([2H])c5c5c([2H])c([2H])c([2H])c([2H])c54)c([2H])c([2H])c31)N2c1ccccc1-c1ccccc1. The molecule has 2 aliphatic rings. The Labute approximate surface area is 502 Å². The summed E-state index contributed by atoms with van der Waals surface area (Å²) in [6, 6.07) is 33.5. The fourth-order valence-electron chi connectivity index (χ4n) is 12.0. The first-order valence-electron chi connectivity index (χ1n) is 37.1. The standard InChI is InChI=1S/C76H55BN4/c1-76(2,3)54-40-38-50(39-41-54)53-46-73-75-74(47-53)81(66-33-17-11-27-58(66)52-24-8-5-9-25-52)72-49-56(79-69-36-20-14-30-61(69)62-31-15-21-37-70(62)79)43-45-64(72)77(75)63-44-42-55(78-67-34-18-12-28-59(67)60-29-13-19-35-68(60)78)48-71(63)80(73)65-32-16-10-26-57(65)51-22-6-4-7-23-51/h4-49H,1-3H3/i12D,13D,14D,15D,18D,19D,20D,21D,28D,29D,30D,31D,34D,35D,36D,37D,42D,43D,44D,45D,48D. The van der Waals surface area contributed by atoms with Crippen molar-refractivity contribution in [3.05, 3.63) is 284 Å². The topological polar surface area (TPSA) is 16.3 Å². The van der Waals surface area contributed by atoms with Crippen molar-refractivity contribution >= 4 is 101 Å². The van der Waals surface area contributed by atoms with E-state index in [9.17, 15) is 17.8 Å². The summed E-state index contributed by atoms with van der Waals surface area (Å²) in [5, 5.41) is -1.17. The Hall–Kier alpha value is -10.1. The highest BCUT2D eigenvalue weighted by Crippen LogP contribution is 2.51. The van der Waals surface area contributed by atoms with Crippen LogP contribution in [0.2, 0.25) is 0 Å². The second kappa shape index (κ2) is 18.2. The number of para-hydroxylation sites is 6. The smallest absolute Gasteiger partial charge is 0.252 e. The lowest BCUT2D eigenvalue weighted by atomic mass is 9.33. The van der Waals surface area contributed by atoms with E-state index in [0.717, 1.165) is 15.7 Å². The zero-order valence-electron chi connectivity index (χ0n) is 64.8. The lowest BCUT2D eigenvalue weighted by molar-refractivity contribution is 0.590. The summed E-state index contributed by atoms with van der Waals surface area (Å²) in [6.45, 7) is 4.87. The van der Waals surface area contributed by atoms with Crippen LogP contribution in [0.4, 0.5) is 34.1 Å². The van der Waals surface area contributed by atoms with Crippen LogP contribution in [0.5, 0.6) is 0 Å². The fraction of sp³-hybridized carbons (Fsp3) is 0.0526. The predicted octanol–water partition coefficient (Wildman–Crippen LogP) is 18.3. The van der Waals surface area contributed by atoms with Crippen molar-refractivity contribution < 1.29 is 28.8 Å². The van der Waals surface area contributed by atoms with Gasteiger partial charge in [-0.3, -0.25) is 0 Å². The van der Waals surface area contributed by atoms with E-state index in [4.69, 9.17) is 11.0 Å². The molecule has 0 aliphatic carbocycles. The first-order chi connectivity index (χ1) is 48.6. The average molecular weight is 1060 g/mol. The molecule has 2 aliphatic heterocycles. The Balaban J connectivity index is 1.14. The van der Waals surface area contributed by atoms with Crippen molar-refractivity contribution in [2.24, 2.45) is 0 Å². The molecular weight excluding hydrogens is 980 g/mol. The van der Waals surface area contributed by atoms with Gasteiger partial charge >= 0.3 is 0 Å². The molecule has 0 N–H and O–H groups in total. The largest absolute Gasteiger partial charge is 0.311 e. The van der Waals surface area contributed by atoms with Gasteiger partial charge in [-0.05, 0) is 122 Å². The molecule has 0 bridgehead atoms. The van der Waals surface area contributed by atoms with Gasteiger partial charge in [-0.25, -0.2) is 0 Å². The number of rotatable bonds is 7. The minimum atomic E-state index is -1.43. The van der Waals surface area contributed by atoms with Crippen molar-refractivity contribution in [3.63, 3.8) is 0 Å². The molecule has 5 heteroatoms. The third-order valence-electron chi connectivity index (χ3n) is 15.7. The van der Waals surface area contributed by atoms with Crippen LogP contribution in [-0.2, 0) is 5.41 Å². The van der Waals surface area contributed by atoms with Gasteiger partial charge in [-0.2, -0.15) is 0 Å². The summed E-state index contributed by atoms with van der Waals surface area (Å²) in [5.74, 6) is 0. The van der Waals surface area contributed by atoms with E-state index >= 15 is 0 Å². The Kier molecular flexibility index (Phi) is 6.83. The van der Waals surface area contributed by atoms with Crippen molar-refractivity contribution in [3.8, 4) is 44.8 Å². The maximum Gasteiger partial charge on any atom is 0.252 e. The number of fused-ring (bicyclic) bond motifs is 10. The molecule has 16 rings (SSSR count). The van der Waals surface area contributed by atoms with Crippen LogP contribution in [-0.4, -0.2) is 15.8 Å². The number of nitrogens with zero attached hydrogens (tertiary/aromatic N) is 4. The summed E-state index contributed by atoms with van der Waals surface area (Å²) >= 11 is 0. The minimum Gasteiger partial charge on any atom is -0.311 e. The molecule has 0 fully saturated rings. The van der Waals surface area contributed by atoms with Crippen molar-refractivity contribution in [2.75, 3.05) is 9.80 Å². The molecule has 12 aromatic carbocycles. The number of benzene rings is 12. The maximum atomic E-state index is 11.2. The van der Waals surface area contributed by atoms with E-state index in [1.165, 1.54) is 4.57 Å². The molecule has 14 aromatic rings. The van der Waals surface area contributed by atoms with Gasteiger partial charge in [-0.1, -0.05) is 227 Å². The third-order valence-corrected chi connectivity index (χ3v) is 15.7. The summed E-state index contributed by atoms with van der Waals surface area (Å²) in [4.78, 5) is 3.73. The maximum absolute atomic E-state index is 11.2. The Morgan fingerprint density at radius 2 is 0.765 bits per heavy atom. The van der Waals surface area contributed by atoms with Crippen LogP contribution >= 0.6 is 0 Å². The van der Waals surface area contributed by atoms with Gasteiger partial charge in [0.25, 0.3) is 6.71 Å².